The van der Waals surface area contributed by atoms with Gasteiger partial charge in [-0.25, -0.2) is 0 Å². The molecule has 0 saturated carbocycles. The maximum Gasteiger partial charge on any atom is 0.236 e. The molecule has 1 aromatic rings. The maximum absolute atomic E-state index is 12.5. The van der Waals surface area contributed by atoms with E-state index < -0.39 is 0 Å². The monoisotopic (exact) mass is 400 g/mol. The predicted molar refractivity (Wildman–Crippen MR) is 116 cm³/mol. The summed E-state index contributed by atoms with van der Waals surface area (Å²) in [6.07, 6.45) is 3.51. The van der Waals surface area contributed by atoms with Crippen LogP contribution >= 0.6 is 0 Å². The van der Waals surface area contributed by atoms with E-state index in [1.807, 2.05) is 11.8 Å². The van der Waals surface area contributed by atoms with Gasteiger partial charge in [-0.3, -0.25) is 19.4 Å². The van der Waals surface area contributed by atoms with E-state index in [0.29, 0.717) is 13.1 Å². The Bertz CT molecular complexity index is 707. The zero-order valence-electron chi connectivity index (χ0n) is 18.2. The van der Waals surface area contributed by atoms with Crippen LogP contribution in [0.3, 0.4) is 0 Å². The van der Waals surface area contributed by atoms with Gasteiger partial charge < -0.3 is 10.2 Å². The fourth-order valence-electron chi connectivity index (χ4n) is 4.15. The van der Waals surface area contributed by atoms with Gasteiger partial charge in [0, 0.05) is 39.3 Å². The molecule has 2 amide bonds. The zero-order valence-corrected chi connectivity index (χ0v) is 18.2. The highest BCUT2D eigenvalue weighted by molar-refractivity contribution is 5.79. The third kappa shape index (κ3) is 6.28. The molecule has 0 spiro atoms. The molecule has 0 aromatic heterocycles. The normalized spacial score (nSPS) is 19.8. The molecule has 6 heteroatoms. The Hall–Kier alpha value is -1.92. The first-order chi connectivity index (χ1) is 13.9. The average Bonchev–Trinajstić information content (AvgIpc) is 2.72. The lowest BCUT2D eigenvalue weighted by Crippen LogP contribution is -2.52. The molecule has 29 heavy (non-hydrogen) atoms. The average molecular weight is 401 g/mol. The van der Waals surface area contributed by atoms with E-state index in [4.69, 9.17) is 0 Å². The fraction of sp³-hybridized carbons (Fsp3) is 0.652. The Kier molecular flexibility index (Phi) is 7.67. The molecule has 2 aliphatic rings. The Morgan fingerprint density at radius 3 is 2.14 bits per heavy atom. The van der Waals surface area contributed by atoms with Gasteiger partial charge in [-0.1, -0.05) is 18.2 Å². The summed E-state index contributed by atoms with van der Waals surface area (Å²) in [7, 11) is 0. The summed E-state index contributed by atoms with van der Waals surface area (Å²) in [6.45, 7) is 12.4. The van der Waals surface area contributed by atoms with Crippen molar-refractivity contribution in [3.8, 4) is 0 Å². The van der Waals surface area contributed by atoms with E-state index in [1.54, 1.807) is 0 Å². The molecule has 1 N–H and O–H groups in total. The van der Waals surface area contributed by atoms with Crippen LogP contribution in [0.15, 0.2) is 18.2 Å². The lowest BCUT2D eigenvalue weighted by atomic mass is 10.0. The summed E-state index contributed by atoms with van der Waals surface area (Å²) in [5.74, 6) is 0.326. The highest BCUT2D eigenvalue weighted by Gasteiger charge is 2.24. The topological polar surface area (TPSA) is 55.9 Å². The number of aryl methyl sites for hydroxylation is 2. The Morgan fingerprint density at radius 2 is 1.52 bits per heavy atom. The minimum Gasteiger partial charge on any atom is -0.348 e. The first-order valence-electron chi connectivity index (χ1n) is 11.0. The highest BCUT2D eigenvalue weighted by atomic mass is 16.2. The molecule has 2 aliphatic heterocycles. The molecule has 1 aromatic carbocycles. The van der Waals surface area contributed by atoms with Gasteiger partial charge in [0.15, 0.2) is 0 Å². The standard InChI is InChI=1S/C23H36N4O2/c1-18-7-8-21(15-19(18)2)20(3)24-22(28)16-25-11-13-26(14-12-25)17-23(29)27-9-5-4-6-10-27/h7-8,15,20H,4-6,9-14,16-17H2,1-3H3,(H,24,28)/t20-/m0/s1. The molecule has 0 radical (unpaired) electrons. The van der Waals surface area contributed by atoms with Crippen molar-refractivity contribution >= 4 is 11.8 Å². The number of amides is 2. The highest BCUT2D eigenvalue weighted by Crippen LogP contribution is 2.17. The zero-order chi connectivity index (χ0) is 20.8. The number of nitrogens with one attached hydrogen (secondary N) is 1. The van der Waals surface area contributed by atoms with E-state index in [2.05, 4.69) is 47.2 Å². The minimum absolute atomic E-state index is 0.00486. The van der Waals surface area contributed by atoms with Crippen LogP contribution in [-0.2, 0) is 9.59 Å². The summed E-state index contributed by atoms with van der Waals surface area (Å²) in [5, 5.41) is 3.12. The molecular weight excluding hydrogens is 364 g/mol. The van der Waals surface area contributed by atoms with Crippen LogP contribution in [0.2, 0.25) is 0 Å². The minimum atomic E-state index is 0.00486. The summed E-state index contributed by atoms with van der Waals surface area (Å²) in [4.78, 5) is 31.3. The van der Waals surface area contributed by atoms with Crippen molar-refractivity contribution in [3.63, 3.8) is 0 Å². The van der Waals surface area contributed by atoms with E-state index in [-0.39, 0.29) is 17.9 Å². The van der Waals surface area contributed by atoms with Crippen molar-refractivity contribution in [1.29, 1.82) is 0 Å². The van der Waals surface area contributed by atoms with E-state index in [9.17, 15) is 9.59 Å². The van der Waals surface area contributed by atoms with Crippen molar-refractivity contribution in [2.24, 2.45) is 0 Å². The lowest BCUT2D eigenvalue weighted by Gasteiger charge is -2.35. The van der Waals surface area contributed by atoms with Crippen LogP contribution in [-0.4, -0.2) is 78.9 Å². The maximum atomic E-state index is 12.5. The molecule has 3 rings (SSSR count). The van der Waals surface area contributed by atoms with Gasteiger partial charge in [-0.15, -0.1) is 0 Å². The molecular formula is C23H36N4O2. The smallest absolute Gasteiger partial charge is 0.236 e. The number of carbonyl (C=O) groups excluding carboxylic acids is 2. The van der Waals surface area contributed by atoms with Gasteiger partial charge in [0.2, 0.25) is 11.8 Å². The van der Waals surface area contributed by atoms with Crippen molar-refractivity contribution in [3.05, 3.63) is 34.9 Å². The van der Waals surface area contributed by atoms with Crippen molar-refractivity contribution in [2.75, 3.05) is 52.4 Å². The van der Waals surface area contributed by atoms with Gasteiger partial charge >= 0.3 is 0 Å². The van der Waals surface area contributed by atoms with Gasteiger partial charge in [0.1, 0.15) is 0 Å². The number of benzene rings is 1. The van der Waals surface area contributed by atoms with Crippen molar-refractivity contribution in [1.82, 2.24) is 20.0 Å². The number of carbonyl (C=O) groups is 2. The molecule has 160 valence electrons. The fourth-order valence-corrected chi connectivity index (χ4v) is 4.15. The molecule has 1 atom stereocenters. The second-order valence-corrected chi connectivity index (χ2v) is 8.63. The number of piperazine rings is 1. The SMILES string of the molecule is Cc1ccc([C@H](C)NC(=O)CN2CCN(CC(=O)N3CCCCC3)CC2)cc1C. The van der Waals surface area contributed by atoms with Gasteiger partial charge in [-0.05, 0) is 56.7 Å². The Balaban J connectivity index is 1.38. The van der Waals surface area contributed by atoms with Gasteiger partial charge in [0.25, 0.3) is 0 Å². The molecule has 2 fully saturated rings. The molecule has 0 bridgehead atoms. The molecule has 2 saturated heterocycles. The summed E-state index contributed by atoms with van der Waals surface area (Å²) < 4.78 is 0. The van der Waals surface area contributed by atoms with Crippen LogP contribution in [0.1, 0.15) is 48.9 Å². The first kappa shape index (κ1) is 21.8. The van der Waals surface area contributed by atoms with Crippen LogP contribution < -0.4 is 5.32 Å². The lowest BCUT2D eigenvalue weighted by molar-refractivity contribution is -0.134. The van der Waals surface area contributed by atoms with Crippen molar-refractivity contribution in [2.45, 2.75) is 46.1 Å². The second-order valence-electron chi connectivity index (χ2n) is 8.63. The van der Waals surface area contributed by atoms with Gasteiger partial charge in [-0.2, -0.15) is 0 Å². The van der Waals surface area contributed by atoms with Crippen LogP contribution in [0, 0.1) is 13.8 Å². The molecule has 0 unspecified atom stereocenters. The second kappa shape index (κ2) is 10.2. The van der Waals surface area contributed by atoms with Gasteiger partial charge in [0.05, 0.1) is 19.1 Å². The van der Waals surface area contributed by atoms with Crippen LogP contribution in [0.5, 0.6) is 0 Å². The third-order valence-corrected chi connectivity index (χ3v) is 6.31. The molecule has 6 nitrogen and oxygen atoms in total. The number of rotatable bonds is 6. The Labute approximate surface area is 175 Å². The predicted octanol–water partition coefficient (Wildman–Crippen LogP) is 2.11. The van der Waals surface area contributed by atoms with Crippen molar-refractivity contribution < 1.29 is 9.59 Å². The number of hydrogen-bond donors (Lipinski definition) is 1. The molecule has 0 aliphatic carbocycles. The molecule has 2 heterocycles. The first-order valence-corrected chi connectivity index (χ1v) is 11.0. The van der Waals surface area contributed by atoms with E-state index >= 15 is 0 Å². The number of hydrogen-bond acceptors (Lipinski definition) is 4. The van der Waals surface area contributed by atoms with Crippen LogP contribution in [0.25, 0.3) is 0 Å². The summed E-state index contributed by atoms with van der Waals surface area (Å²) in [6, 6.07) is 6.35. The number of piperidine rings is 1. The summed E-state index contributed by atoms with van der Waals surface area (Å²) in [5.41, 5.74) is 3.66. The number of likely N-dealkylation sites (tertiary alicyclic amines) is 1. The third-order valence-electron chi connectivity index (χ3n) is 6.31. The van der Waals surface area contributed by atoms with Crippen LogP contribution in [0.4, 0.5) is 0 Å². The van der Waals surface area contributed by atoms with E-state index in [1.165, 1.54) is 17.5 Å². The van der Waals surface area contributed by atoms with E-state index in [0.717, 1.165) is 57.7 Å². The largest absolute Gasteiger partial charge is 0.348 e. The Morgan fingerprint density at radius 1 is 0.897 bits per heavy atom. The quantitative estimate of drug-likeness (QED) is 0.795. The number of nitrogens with zero attached hydrogens (tertiary/aromatic N) is 3. The summed E-state index contributed by atoms with van der Waals surface area (Å²) >= 11 is 0.